The summed E-state index contributed by atoms with van der Waals surface area (Å²) in [6.45, 7) is 1.73. The van der Waals surface area contributed by atoms with Crippen LogP contribution in [0.25, 0.3) is 11.2 Å². The summed E-state index contributed by atoms with van der Waals surface area (Å²) in [6.07, 6.45) is 5.96. The molecule has 0 spiro atoms. The number of aromatic nitrogens is 3. The van der Waals surface area contributed by atoms with E-state index >= 15 is 0 Å². The van der Waals surface area contributed by atoms with Gasteiger partial charge < -0.3 is 10.1 Å². The number of fused-ring (bicyclic) bond motifs is 1. The third kappa shape index (κ3) is 4.14. The Morgan fingerprint density at radius 2 is 1.96 bits per heavy atom. The molecule has 0 amide bonds. The van der Waals surface area contributed by atoms with E-state index in [1.165, 1.54) is 6.26 Å². The number of pyridine rings is 1. The predicted molar refractivity (Wildman–Crippen MR) is 88.0 cm³/mol. The van der Waals surface area contributed by atoms with Gasteiger partial charge in [-0.1, -0.05) is 0 Å². The highest BCUT2D eigenvalue weighted by atomic mass is 32.2. The monoisotopic (exact) mass is 336 g/mol. The lowest BCUT2D eigenvalue weighted by molar-refractivity contribution is 0.0315. The van der Waals surface area contributed by atoms with Gasteiger partial charge in [-0.15, -0.1) is 0 Å². The average Bonchev–Trinajstić information content (AvgIpc) is 2.52. The van der Waals surface area contributed by atoms with Gasteiger partial charge in [0.15, 0.2) is 5.65 Å². The van der Waals surface area contributed by atoms with Crippen LogP contribution in [0.15, 0.2) is 24.5 Å². The Morgan fingerprint density at radius 3 is 2.70 bits per heavy atom. The molecule has 124 valence electrons. The zero-order valence-corrected chi connectivity index (χ0v) is 13.8. The third-order valence-corrected chi connectivity index (χ3v) is 5.23. The van der Waals surface area contributed by atoms with Crippen molar-refractivity contribution in [2.45, 2.75) is 12.8 Å². The second-order valence-corrected chi connectivity index (χ2v) is 8.27. The van der Waals surface area contributed by atoms with Gasteiger partial charge in [0.2, 0.25) is 0 Å². The van der Waals surface area contributed by atoms with Gasteiger partial charge in [0.05, 0.1) is 5.75 Å². The van der Waals surface area contributed by atoms with Crippen molar-refractivity contribution in [2.75, 3.05) is 37.1 Å². The molecule has 1 saturated heterocycles. The summed E-state index contributed by atoms with van der Waals surface area (Å²) < 4.78 is 29.0. The number of hydrogen-bond donors (Lipinski definition) is 1. The fraction of sp³-hybridized carbons (Fsp3) is 0.533. The molecule has 1 aliphatic heterocycles. The van der Waals surface area contributed by atoms with E-state index < -0.39 is 9.84 Å². The van der Waals surface area contributed by atoms with Gasteiger partial charge >= 0.3 is 0 Å². The van der Waals surface area contributed by atoms with E-state index in [1.54, 1.807) is 12.4 Å². The molecule has 0 aromatic carbocycles. The van der Waals surface area contributed by atoms with Gasteiger partial charge in [-0.25, -0.2) is 18.4 Å². The second-order valence-electron chi connectivity index (χ2n) is 6.13. The highest BCUT2D eigenvalue weighted by molar-refractivity contribution is 7.90. The Labute approximate surface area is 135 Å². The number of ether oxygens (including phenoxy) is 1. The van der Waals surface area contributed by atoms with E-state index in [2.05, 4.69) is 20.3 Å². The van der Waals surface area contributed by atoms with Gasteiger partial charge in [0.1, 0.15) is 21.2 Å². The van der Waals surface area contributed by atoms with Crippen molar-refractivity contribution >= 4 is 26.8 Å². The van der Waals surface area contributed by atoms with Crippen molar-refractivity contribution in [2.24, 2.45) is 5.41 Å². The van der Waals surface area contributed by atoms with Crippen molar-refractivity contribution in [3.8, 4) is 0 Å². The van der Waals surface area contributed by atoms with Gasteiger partial charge in [-0.05, 0) is 25.0 Å². The molecule has 0 saturated carbocycles. The molecule has 2 aromatic rings. The molecule has 1 aliphatic rings. The molecular formula is C15H20N4O3S. The SMILES string of the molecule is CS(=O)(=O)CC1(CNc2ccc3nccnc3n2)CCOCC1. The molecule has 8 heteroatoms. The second kappa shape index (κ2) is 6.37. The van der Waals surface area contributed by atoms with Crippen LogP contribution in [-0.2, 0) is 14.6 Å². The molecule has 7 nitrogen and oxygen atoms in total. The smallest absolute Gasteiger partial charge is 0.180 e. The topological polar surface area (TPSA) is 94.1 Å². The normalized spacial score (nSPS) is 18.0. The maximum Gasteiger partial charge on any atom is 0.180 e. The average molecular weight is 336 g/mol. The van der Waals surface area contributed by atoms with E-state index in [-0.39, 0.29) is 11.2 Å². The first-order valence-electron chi connectivity index (χ1n) is 7.53. The van der Waals surface area contributed by atoms with Crippen molar-refractivity contribution in [3.63, 3.8) is 0 Å². The van der Waals surface area contributed by atoms with Crippen LogP contribution in [-0.4, -0.2) is 55.1 Å². The first-order chi connectivity index (χ1) is 11.0. The first kappa shape index (κ1) is 16.1. The molecule has 1 fully saturated rings. The molecule has 3 rings (SSSR count). The minimum absolute atomic E-state index is 0.156. The first-order valence-corrected chi connectivity index (χ1v) is 9.59. The highest BCUT2D eigenvalue weighted by Crippen LogP contribution is 2.32. The molecule has 0 aliphatic carbocycles. The van der Waals surface area contributed by atoms with E-state index in [0.717, 1.165) is 18.4 Å². The lowest BCUT2D eigenvalue weighted by Crippen LogP contribution is -2.41. The molecule has 0 unspecified atom stereocenters. The van der Waals surface area contributed by atoms with Crippen molar-refractivity contribution in [1.29, 1.82) is 0 Å². The molecule has 3 heterocycles. The summed E-state index contributed by atoms with van der Waals surface area (Å²) in [5.74, 6) is 0.835. The number of nitrogens with zero attached hydrogens (tertiary/aromatic N) is 3. The van der Waals surface area contributed by atoms with Gasteiger partial charge in [-0.2, -0.15) is 0 Å². The maximum absolute atomic E-state index is 11.8. The summed E-state index contributed by atoms with van der Waals surface area (Å²) in [5.41, 5.74) is 0.988. The molecule has 2 aromatic heterocycles. The van der Waals surface area contributed by atoms with Crippen LogP contribution in [0, 0.1) is 5.41 Å². The van der Waals surface area contributed by atoms with E-state index in [1.807, 2.05) is 12.1 Å². The number of hydrogen-bond acceptors (Lipinski definition) is 7. The standard InChI is InChI=1S/C15H20N4O3S/c1-23(20,21)11-15(4-8-22-9-5-15)10-18-13-3-2-12-14(19-13)17-7-6-16-12/h2-3,6-7H,4-5,8-11H2,1H3,(H,17,18,19). The number of rotatable bonds is 5. The fourth-order valence-corrected chi connectivity index (χ4v) is 4.47. The molecule has 0 atom stereocenters. The summed E-state index contributed by atoms with van der Waals surface area (Å²) >= 11 is 0. The number of nitrogens with one attached hydrogen (secondary N) is 1. The Balaban J connectivity index is 1.77. The van der Waals surface area contributed by atoms with Crippen LogP contribution in [0.5, 0.6) is 0 Å². The molecule has 0 radical (unpaired) electrons. The van der Waals surface area contributed by atoms with Crippen molar-refractivity contribution in [1.82, 2.24) is 15.0 Å². The Morgan fingerprint density at radius 1 is 1.22 bits per heavy atom. The predicted octanol–water partition coefficient (Wildman–Crippen LogP) is 1.28. The Kier molecular flexibility index (Phi) is 4.45. The molecular weight excluding hydrogens is 316 g/mol. The van der Waals surface area contributed by atoms with Crippen LogP contribution in [0.1, 0.15) is 12.8 Å². The summed E-state index contributed by atoms with van der Waals surface area (Å²) in [6, 6.07) is 3.69. The summed E-state index contributed by atoms with van der Waals surface area (Å²) in [5, 5.41) is 3.27. The Bertz CT molecular complexity index is 788. The minimum atomic E-state index is -3.06. The van der Waals surface area contributed by atoms with E-state index in [0.29, 0.717) is 31.2 Å². The number of sulfone groups is 1. The fourth-order valence-electron chi connectivity index (χ4n) is 2.96. The molecule has 1 N–H and O–H groups in total. The van der Waals surface area contributed by atoms with Crippen LogP contribution in [0.2, 0.25) is 0 Å². The number of anilines is 1. The van der Waals surface area contributed by atoms with Crippen LogP contribution >= 0.6 is 0 Å². The van der Waals surface area contributed by atoms with Gasteiger partial charge in [0, 0.05) is 43.8 Å². The Hall–Kier alpha value is -1.80. The highest BCUT2D eigenvalue weighted by Gasteiger charge is 2.35. The largest absolute Gasteiger partial charge is 0.381 e. The van der Waals surface area contributed by atoms with Crippen LogP contribution < -0.4 is 5.32 Å². The zero-order chi connectivity index (χ0) is 16.3. The maximum atomic E-state index is 11.8. The lowest BCUT2D eigenvalue weighted by atomic mass is 9.82. The molecule has 23 heavy (non-hydrogen) atoms. The van der Waals surface area contributed by atoms with Gasteiger partial charge in [-0.3, -0.25) is 4.98 Å². The minimum Gasteiger partial charge on any atom is -0.381 e. The van der Waals surface area contributed by atoms with E-state index in [9.17, 15) is 8.42 Å². The molecule has 0 bridgehead atoms. The summed E-state index contributed by atoms with van der Waals surface area (Å²) in [4.78, 5) is 12.8. The van der Waals surface area contributed by atoms with Crippen molar-refractivity contribution in [3.05, 3.63) is 24.5 Å². The van der Waals surface area contributed by atoms with Crippen LogP contribution in [0.3, 0.4) is 0 Å². The van der Waals surface area contributed by atoms with E-state index in [4.69, 9.17) is 4.74 Å². The van der Waals surface area contributed by atoms with Crippen LogP contribution in [0.4, 0.5) is 5.82 Å². The van der Waals surface area contributed by atoms with Gasteiger partial charge in [0.25, 0.3) is 0 Å². The lowest BCUT2D eigenvalue weighted by Gasteiger charge is -2.36. The zero-order valence-electron chi connectivity index (χ0n) is 13.0. The third-order valence-electron chi connectivity index (χ3n) is 4.10. The quantitative estimate of drug-likeness (QED) is 0.879. The summed E-state index contributed by atoms with van der Waals surface area (Å²) in [7, 11) is -3.06. The van der Waals surface area contributed by atoms with Crippen molar-refractivity contribution < 1.29 is 13.2 Å².